The van der Waals surface area contributed by atoms with Crippen LogP contribution in [0.25, 0.3) is 0 Å². The summed E-state index contributed by atoms with van der Waals surface area (Å²) in [6.07, 6.45) is 16.4. The van der Waals surface area contributed by atoms with Gasteiger partial charge in [-0.2, -0.15) is 0 Å². The van der Waals surface area contributed by atoms with E-state index in [1.165, 1.54) is 70.8 Å². The van der Waals surface area contributed by atoms with Gasteiger partial charge < -0.3 is 14.8 Å². The summed E-state index contributed by atoms with van der Waals surface area (Å²) < 4.78 is 5.03. The van der Waals surface area contributed by atoms with E-state index in [2.05, 4.69) is 5.32 Å². The first-order valence-corrected chi connectivity index (χ1v) is 9.46. The minimum Gasteiger partial charge on any atom is -0.385 e. The Labute approximate surface area is 138 Å². The standard InChI is InChI=1S/C19H39NO2/c1-19(21)15-11-9-7-5-3-4-6-8-10-12-16-20-17-13-14-18-22-2/h20H,3-18H2,1-2H3. The van der Waals surface area contributed by atoms with Crippen LogP contribution >= 0.6 is 0 Å². The zero-order valence-corrected chi connectivity index (χ0v) is 15.1. The van der Waals surface area contributed by atoms with Crippen LogP contribution in [0.4, 0.5) is 0 Å². The molecule has 0 aromatic heterocycles. The number of hydrogen-bond donors (Lipinski definition) is 1. The second-order valence-corrected chi connectivity index (χ2v) is 6.44. The molecule has 22 heavy (non-hydrogen) atoms. The molecule has 0 saturated carbocycles. The highest BCUT2D eigenvalue weighted by Crippen LogP contribution is 2.11. The van der Waals surface area contributed by atoms with Gasteiger partial charge in [0.05, 0.1) is 0 Å². The Morgan fingerprint density at radius 3 is 1.68 bits per heavy atom. The molecule has 0 unspecified atom stereocenters. The zero-order chi connectivity index (χ0) is 16.3. The second-order valence-electron chi connectivity index (χ2n) is 6.44. The Kier molecular flexibility index (Phi) is 18.3. The summed E-state index contributed by atoms with van der Waals surface area (Å²) in [5.41, 5.74) is 0. The van der Waals surface area contributed by atoms with Crippen molar-refractivity contribution in [3.8, 4) is 0 Å². The second kappa shape index (κ2) is 18.6. The molecule has 3 nitrogen and oxygen atoms in total. The Hall–Kier alpha value is -0.410. The van der Waals surface area contributed by atoms with Crippen LogP contribution in [0.15, 0.2) is 0 Å². The van der Waals surface area contributed by atoms with Crippen LogP contribution < -0.4 is 5.32 Å². The molecule has 132 valence electrons. The molecule has 0 saturated heterocycles. The maximum Gasteiger partial charge on any atom is 0.129 e. The highest BCUT2D eigenvalue weighted by atomic mass is 16.5. The number of ketones is 1. The first kappa shape index (κ1) is 21.6. The number of carbonyl (C=O) groups excluding carboxylic acids is 1. The number of unbranched alkanes of at least 4 members (excludes halogenated alkanes) is 10. The Morgan fingerprint density at radius 1 is 0.727 bits per heavy atom. The number of ether oxygens (including phenoxy) is 1. The van der Waals surface area contributed by atoms with E-state index < -0.39 is 0 Å². The van der Waals surface area contributed by atoms with Crippen molar-refractivity contribution in [2.45, 2.75) is 90.4 Å². The molecule has 0 rings (SSSR count). The van der Waals surface area contributed by atoms with E-state index in [0.29, 0.717) is 5.78 Å². The molecule has 0 amide bonds. The molecule has 0 aliphatic rings. The van der Waals surface area contributed by atoms with E-state index in [9.17, 15) is 4.79 Å². The van der Waals surface area contributed by atoms with Gasteiger partial charge in [0.2, 0.25) is 0 Å². The summed E-state index contributed by atoms with van der Waals surface area (Å²) >= 11 is 0. The summed E-state index contributed by atoms with van der Waals surface area (Å²) in [5.74, 6) is 0.337. The van der Waals surface area contributed by atoms with E-state index in [-0.39, 0.29) is 0 Å². The van der Waals surface area contributed by atoms with Crippen LogP contribution in [0.5, 0.6) is 0 Å². The predicted octanol–water partition coefficient (Wildman–Crippen LogP) is 4.88. The van der Waals surface area contributed by atoms with Crippen molar-refractivity contribution in [1.29, 1.82) is 0 Å². The molecule has 1 N–H and O–H groups in total. The highest BCUT2D eigenvalue weighted by molar-refractivity contribution is 5.75. The molecule has 0 aliphatic carbocycles. The molecule has 0 aromatic carbocycles. The van der Waals surface area contributed by atoms with Crippen molar-refractivity contribution in [3.63, 3.8) is 0 Å². The van der Waals surface area contributed by atoms with E-state index in [4.69, 9.17) is 4.74 Å². The lowest BCUT2D eigenvalue weighted by Gasteiger charge is -2.05. The van der Waals surface area contributed by atoms with Gasteiger partial charge in [0.1, 0.15) is 5.78 Å². The van der Waals surface area contributed by atoms with Crippen molar-refractivity contribution in [2.24, 2.45) is 0 Å². The average molecular weight is 314 g/mol. The minimum absolute atomic E-state index is 0.337. The number of Topliss-reactive ketones (excluding diaryl/α,β-unsaturated/α-hetero) is 1. The van der Waals surface area contributed by atoms with Crippen molar-refractivity contribution in [3.05, 3.63) is 0 Å². The summed E-state index contributed by atoms with van der Waals surface area (Å²) in [5, 5.41) is 3.50. The van der Waals surface area contributed by atoms with Crippen LogP contribution in [0.3, 0.4) is 0 Å². The summed E-state index contributed by atoms with van der Waals surface area (Å²) in [6, 6.07) is 0. The fourth-order valence-corrected chi connectivity index (χ4v) is 2.66. The third-order valence-corrected chi connectivity index (χ3v) is 4.08. The van der Waals surface area contributed by atoms with Gasteiger partial charge in [0.15, 0.2) is 0 Å². The molecule has 3 heteroatoms. The highest BCUT2D eigenvalue weighted by Gasteiger charge is 1.95. The molecule has 0 aromatic rings. The third-order valence-electron chi connectivity index (χ3n) is 4.08. The van der Waals surface area contributed by atoms with Crippen LogP contribution in [-0.4, -0.2) is 32.6 Å². The third kappa shape index (κ3) is 19.6. The van der Waals surface area contributed by atoms with Crippen molar-refractivity contribution in [1.82, 2.24) is 5.32 Å². The first-order valence-electron chi connectivity index (χ1n) is 9.46. The molecule has 0 aliphatic heterocycles. The summed E-state index contributed by atoms with van der Waals surface area (Å²) in [6.45, 7) is 4.88. The number of rotatable bonds is 18. The van der Waals surface area contributed by atoms with Gasteiger partial charge in [-0.15, -0.1) is 0 Å². The molecular formula is C19H39NO2. The monoisotopic (exact) mass is 313 g/mol. The number of carbonyl (C=O) groups is 1. The smallest absolute Gasteiger partial charge is 0.129 e. The lowest BCUT2D eigenvalue weighted by molar-refractivity contribution is -0.117. The largest absolute Gasteiger partial charge is 0.385 e. The Bertz CT molecular complexity index is 231. The number of hydrogen-bond acceptors (Lipinski definition) is 3. The molecule has 0 spiro atoms. The average Bonchev–Trinajstić information content (AvgIpc) is 2.50. The van der Waals surface area contributed by atoms with E-state index >= 15 is 0 Å². The number of methoxy groups -OCH3 is 1. The van der Waals surface area contributed by atoms with Gasteiger partial charge in [-0.1, -0.05) is 51.4 Å². The predicted molar refractivity (Wildman–Crippen MR) is 95.4 cm³/mol. The van der Waals surface area contributed by atoms with Crippen LogP contribution in [0.1, 0.15) is 90.4 Å². The van der Waals surface area contributed by atoms with Gasteiger partial charge in [-0.05, 0) is 45.7 Å². The van der Waals surface area contributed by atoms with E-state index in [1.54, 1.807) is 14.0 Å². The van der Waals surface area contributed by atoms with Crippen molar-refractivity contribution < 1.29 is 9.53 Å². The van der Waals surface area contributed by atoms with E-state index in [0.717, 1.165) is 32.4 Å². The van der Waals surface area contributed by atoms with Crippen molar-refractivity contribution >= 4 is 5.78 Å². The molecule has 0 radical (unpaired) electrons. The maximum atomic E-state index is 10.8. The normalized spacial score (nSPS) is 11.0. The van der Waals surface area contributed by atoms with Crippen molar-refractivity contribution in [2.75, 3.05) is 26.8 Å². The van der Waals surface area contributed by atoms with E-state index in [1.807, 2.05) is 0 Å². The topological polar surface area (TPSA) is 38.3 Å². The first-order chi connectivity index (χ1) is 10.8. The Balaban J connectivity index is 2.95. The Morgan fingerprint density at radius 2 is 1.18 bits per heavy atom. The fourth-order valence-electron chi connectivity index (χ4n) is 2.66. The minimum atomic E-state index is 0.337. The SMILES string of the molecule is COCCCCNCCCCCCCCCCCCC(C)=O. The lowest BCUT2D eigenvalue weighted by Crippen LogP contribution is -2.16. The van der Waals surface area contributed by atoms with Crippen LogP contribution in [0.2, 0.25) is 0 Å². The molecule has 0 bridgehead atoms. The van der Waals surface area contributed by atoms with Gasteiger partial charge in [0.25, 0.3) is 0 Å². The van der Waals surface area contributed by atoms with Gasteiger partial charge in [-0.3, -0.25) is 0 Å². The summed E-state index contributed by atoms with van der Waals surface area (Å²) in [4.78, 5) is 10.8. The van der Waals surface area contributed by atoms with Crippen LogP contribution in [0, 0.1) is 0 Å². The maximum absolute atomic E-state index is 10.8. The molecule has 0 heterocycles. The lowest BCUT2D eigenvalue weighted by atomic mass is 10.1. The fraction of sp³-hybridized carbons (Fsp3) is 0.947. The molecule has 0 fully saturated rings. The van der Waals surface area contributed by atoms with Gasteiger partial charge >= 0.3 is 0 Å². The number of nitrogens with one attached hydrogen (secondary N) is 1. The van der Waals surface area contributed by atoms with Crippen LogP contribution in [-0.2, 0) is 9.53 Å². The molecular weight excluding hydrogens is 274 g/mol. The quantitative estimate of drug-likeness (QED) is 0.366. The van der Waals surface area contributed by atoms with Gasteiger partial charge in [-0.25, -0.2) is 0 Å². The summed E-state index contributed by atoms with van der Waals surface area (Å²) in [7, 11) is 1.77. The van der Waals surface area contributed by atoms with Gasteiger partial charge in [0, 0.05) is 20.1 Å². The zero-order valence-electron chi connectivity index (χ0n) is 15.1. The molecule has 0 atom stereocenters.